The fourth-order valence-corrected chi connectivity index (χ4v) is 6.05. The van der Waals surface area contributed by atoms with E-state index in [1.54, 1.807) is 0 Å². The third-order valence-corrected chi connectivity index (χ3v) is 8.85. The SMILES string of the molecule is O=S(=O)(O)c1cc(O)c2c(N=Nc3c(S(=O)(=O)O)cc4cc(S(=O)(=O)O)cc(O)c4c3O)cc(S(=O)(=O)O)cc2c1.[Na].[Na].[Na].[Na]. The number of phenols is 3. The van der Waals surface area contributed by atoms with Crippen LogP contribution in [0.2, 0.25) is 0 Å². The van der Waals surface area contributed by atoms with Gasteiger partial charge in [0.25, 0.3) is 40.5 Å². The fraction of sp³-hybridized carbons (Fsp3) is 0. The van der Waals surface area contributed by atoms with E-state index in [1.807, 2.05) is 0 Å². The number of nitrogens with zero attached hydrogens (tertiary/aromatic N) is 2. The Bertz CT molecular complexity index is 2290. The zero-order valence-electron chi connectivity index (χ0n) is 23.5. The van der Waals surface area contributed by atoms with Gasteiger partial charge in [0.2, 0.25) is 0 Å². The van der Waals surface area contributed by atoms with Gasteiger partial charge in [-0.3, -0.25) is 18.2 Å². The summed E-state index contributed by atoms with van der Waals surface area (Å²) in [6.07, 6.45) is 0. The summed E-state index contributed by atoms with van der Waals surface area (Å²) < 4.78 is 132. The molecule has 0 saturated heterocycles. The summed E-state index contributed by atoms with van der Waals surface area (Å²) in [6, 6.07) is 4.24. The van der Waals surface area contributed by atoms with Crippen molar-refractivity contribution in [2.24, 2.45) is 10.2 Å². The molecule has 4 aromatic rings. The van der Waals surface area contributed by atoms with Crippen LogP contribution in [0.5, 0.6) is 17.2 Å². The smallest absolute Gasteiger partial charge is 0.296 e. The van der Waals surface area contributed by atoms with Crippen LogP contribution in [-0.4, -0.2) is 185 Å². The maximum Gasteiger partial charge on any atom is 0.296 e. The van der Waals surface area contributed by atoms with E-state index in [1.165, 1.54) is 0 Å². The molecule has 0 saturated carbocycles. The summed E-state index contributed by atoms with van der Waals surface area (Å²) in [6.45, 7) is 0. The largest absolute Gasteiger partial charge is 0.507 e. The van der Waals surface area contributed by atoms with Gasteiger partial charge in [0.15, 0.2) is 5.75 Å². The van der Waals surface area contributed by atoms with E-state index < -0.39 is 110 Å². The number of rotatable bonds is 6. The summed E-state index contributed by atoms with van der Waals surface area (Å²) in [7, 11) is -20.2. The van der Waals surface area contributed by atoms with Crippen molar-refractivity contribution in [3.05, 3.63) is 42.5 Å². The first-order chi connectivity index (χ1) is 18.6. The van der Waals surface area contributed by atoms with Crippen LogP contribution in [0.4, 0.5) is 11.4 Å². The first kappa shape index (κ1) is 45.0. The third kappa shape index (κ3) is 9.82. The van der Waals surface area contributed by atoms with Crippen LogP contribution in [0.25, 0.3) is 21.5 Å². The average Bonchev–Trinajstić information content (AvgIpc) is 2.80. The molecule has 222 valence electrons. The van der Waals surface area contributed by atoms with E-state index in [9.17, 15) is 67.2 Å². The first-order valence-corrected chi connectivity index (χ1v) is 16.0. The Hall–Kier alpha value is 0.0400. The van der Waals surface area contributed by atoms with Crippen LogP contribution in [0, 0.1) is 0 Å². The van der Waals surface area contributed by atoms with Gasteiger partial charge in [-0.25, -0.2) is 0 Å². The Labute approximate surface area is 343 Å². The molecule has 4 aromatic carbocycles. The maximum atomic E-state index is 12.1. The molecule has 0 amide bonds. The van der Waals surface area contributed by atoms with Gasteiger partial charge in [0.1, 0.15) is 22.1 Å². The molecule has 4 rings (SSSR count). The minimum atomic E-state index is -5.30. The van der Waals surface area contributed by atoms with E-state index in [0.29, 0.717) is 42.5 Å². The van der Waals surface area contributed by atoms with E-state index in [0.717, 1.165) is 0 Å². The molecule has 0 spiro atoms. The number of hydrogen-bond acceptors (Lipinski definition) is 13. The van der Waals surface area contributed by atoms with Gasteiger partial charge in [-0.2, -0.15) is 33.7 Å². The molecule has 0 bridgehead atoms. The van der Waals surface area contributed by atoms with E-state index in [-0.39, 0.29) is 118 Å². The fourth-order valence-electron chi connectivity index (χ4n) is 3.78. The van der Waals surface area contributed by atoms with Crippen molar-refractivity contribution >= 4 is 192 Å². The molecule has 4 radical (unpaired) electrons. The van der Waals surface area contributed by atoms with Crippen LogP contribution in [0.3, 0.4) is 0 Å². The maximum absolute atomic E-state index is 12.1. The summed E-state index contributed by atoms with van der Waals surface area (Å²) in [4.78, 5) is -3.95. The molecule has 45 heavy (non-hydrogen) atoms. The van der Waals surface area contributed by atoms with Crippen LogP contribution in [-0.2, 0) is 40.5 Å². The molecule has 0 aliphatic heterocycles. The summed E-state index contributed by atoms with van der Waals surface area (Å²) >= 11 is 0. The quantitative estimate of drug-likeness (QED) is 0.0823. The Balaban J connectivity index is 0.00000484. The molecule has 0 heterocycles. The van der Waals surface area contributed by atoms with Crippen LogP contribution < -0.4 is 0 Å². The van der Waals surface area contributed by atoms with Crippen LogP contribution in [0.15, 0.2) is 72.3 Å². The summed E-state index contributed by atoms with van der Waals surface area (Å²) in [5.41, 5.74) is -1.77. The van der Waals surface area contributed by atoms with Gasteiger partial charge < -0.3 is 15.3 Å². The monoisotopic (exact) mass is 742 g/mol. The van der Waals surface area contributed by atoms with E-state index >= 15 is 0 Å². The molecular formula is C20H14N2Na4O15S4. The minimum absolute atomic E-state index is 0. The Morgan fingerprint density at radius 1 is 0.467 bits per heavy atom. The zero-order valence-corrected chi connectivity index (χ0v) is 34.7. The van der Waals surface area contributed by atoms with Gasteiger partial charge in [-0.15, -0.1) is 10.2 Å². The van der Waals surface area contributed by atoms with Crippen molar-refractivity contribution in [2.45, 2.75) is 19.6 Å². The Kier molecular flexibility index (Phi) is 15.7. The van der Waals surface area contributed by atoms with E-state index in [4.69, 9.17) is 0 Å². The minimum Gasteiger partial charge on any atom is -0.507 e. The number of phenolic OH excluding ortho intramolecular Hbond substituents is 3. The predicted molar refractivity (Wildman–Crippen MR) is 159 cm³/mol. The first-order valence-electron chi connectivity index (χ1n) is 10.2. The topological polar surface area (TPSA) is 303 Å². The van der Waals surface area contributed by atoms with Crippen molar-refractivity contribution in [3.8, 4) is 17.2 Å². The van der Waals surface area contributed by atoms with Crippen molar-refractivity contribution in [1.82, 2.24) is 0 Å². The van der Waals surface area contributed by atoms with Gasteiger partial charge in [-0.05, 0) is 41.1 Å². The van der Waals surface area contributed by atoms with Crippen LogP contribution in [0.1, 0.15) is 0 Å². The molecular weight excluding hydrogens is 728 g/mol. The summed E-state index contributed by atoms with van der Waals surface area (Å²) in [5, 5.41) is 36.5. The van der Waals surface area contributed by atoms with Crippen LogP contribution >= 0.6 is 0 Å². The number of aromatic hydroxyl groups is 3. The molecule has 0 aliphatic rings. The van der Waals surface area contributed by atoms with E-state index in [2.05, 4.69) is 10.2 Å². The molecule has 0 aliphatic carbocycles. The standard InChI is InChI=1S/C20H14N2O15S4.4Na/c23-14-6-11(39(29,30)31)2-8-1-10(38(26,27)28)5-13(17(8)14)21-22-19-16(41(35,36)37)4-9-3-12(40(32,33)34)7-15(24)18(9)20(19)25;;;;/h1-7,23-25H,(H,26,27,28)(H,29,30,31)(H,32,33,34)(H,35,36,37);;;;. The number of benzene rings is 4. The molecule has 0 fully saturated rings. The van der Waals surface area contributed by atoms with Gasteiger partial charge in [0.05, 0.1) is 31.1 Å². The molecule has 0 unspecified atom stereocenters. The van der Waals surface area contributed by atoms with Gasteiger partial charge in [0, 0.05) is 130 Å². The summed E-state index contributed by atoms with van der Waals surface area (Å²) in [5.74, 6) is -3.12. The second kappa shape index (κ2) is 15.7. The van der Waals surface area contributed by atoms with Gasteiger partial charge >= 0.3 is 0 Å². The Morgan fingerprint density at radius 2 is 0.844 bits per heavy atom. The number of fused-ring (bicyclic) bond motifs is 2. The molecule has 25 heteroatoms. The second-order valence-corrected chi connectivity index (χ2v) is 13.9. The Morgan fingerprint density at radius 3 is 1.24 bits per heavy atom. The van der Waals surface area contributed by atoms with Gasteiger partial charge in [-0.1, -0.05) is 0 Å². The van der Waals surface area contributed by atoms with Crippen molar-refractivity contribution in [1.29, 1.82) is 0 Å². The number of hydrogen-bond donors (Lipinski definition) is 7. The normalized spacial score (nSPS) is 12.2. The third-order valence-electron chi connectivity index (χ3n) is 5.49. The zero-order chi connectivity index (χ0) is 30.9. The average molecular weight is 743 g/mol. The predicted octanol–water partition coefficient (Wildman–Crippen LogP) is 0.989. The molecule has 0 aromatic heterocycles. The van der Waals surface area contributed by atoms with Crippen molar-refractivity contribution < 1.29 is 67.2 Å². The second-order valence-electron chi connectivity index (χ2n) is 8.20. The molecule has 7 N–H and O–H groups in total. The van der Waals surface area contributed by atoms with Crippen molar-refractivity contribution in [3.63, 3.8) is 0 Å². The number of azo groups is 1. The molecule has 0 atom stereocenters. The molecule has 17 nitrogen and oxygen atoms in total. The van der Waals surface area contributed by atoms with Crippen molar-refractivity contribution in [2.75, 3.05) is 0 Å².